The van der Waals surface area contributed by atoms with Crippen molar-refractivity contribution in [2.45, 2.75) is 25.4 Å². The molecule has 0 unspecified atom stereocenters. The molecule has 1 saturated carbocycles. The minimum absolute atomic E-state index is 0.0165. The van der Waals surface area contributed by atoms with Gasteiger partial charge in [0, 0.05) is 36.6 Å². The predicted octanol–water partition coefficient (Wildman–Crippen LogP) is 5.22. The molecule has 2 N–H and O–H groups in total. The van der Waals surface area contributed by atoms with Crippen LogP contribution in [0.2, 0.25) is 5.02 Å². The number of hydrogen-bond acceptors (Lipinski definition) is 6. The fourth-order valence-corrected chi connectivity index (χ4v) is 5.62. The van der Waals surface area contributed by atoms with E-state index < -0.39 is 0 Å². The number of ether oxygens (including phenoxy) is 1. The van der Waals surface area contributed by atoms with Crippen molar-refractivity contribution in [1.82, 2.24) is 24.8 Å². The molecule has 1 aliphatic carbocycles. The molecule has 0 bridgehead atoms. The second-order valence-corrected chi connectivity index (χ2v) is 9.98. The highest BCUT2D eigenvalue weighted by Crippen LogP contribution is 2.57. The van der Waals surface area contributed by atoms with Crippen LogP contribution in [-0.4, -0.2) is 43.8 Å². The normalized spacial score (nSPS) is 16.4. The molecule has 9 heteroatoms. The van der Waals surface area contributed by atoms with Gasteiger partial charge in [0.15, 0.2) is 0 Å². The lowest BCUT2D eigenvalue weighted by atomic mass is 9.56. The van der Waals surface area contributed by atoms with Crippen LogP contribution in [0.3, 0.4) is 0 Å². The highest BCUT2D eigenvalue weighted by Gasteiger charge is 2.54. The van der Waals surface area contributed by atoms with Crippen LogP contribution in [0.4, 0.5) is 11.5 Å². The Morgan fingerprint density at radius 2 is 2.11 bits per heavy atom. The van der Waals surface area contributed by atoms with Gasteiger partial charge in [-0.15, -0.1) is 0 Å². The fourth-order valence-electron chi connectivity index (χ4n) is 5.38. The summed E-state index contributed by atoms with van der Waals surface area (Å²) in [6, 6.07) is 11.3. The van der Waals surface area contributed by atoms with Gasteiger partial charge in [0.2, 0.25) is 5.91 Å². The molecular weight excluding hydrogens is 476 g/mol. The molecule has 182 valence electrons. The predicted molar refractivity (Wildman–Crippen MR) is 138 cm³/mol. The fraction of sp³-hybridized carbons (Fsp3) is 0.259. The molecule has 1 aromatic carbocycles. The van der Waals surface area contributed by atoms with Gasteiger partial charge < -0.3 is 19.9 Å². The Morgan fingerprint density at radius 1 is 1.25 bits per heavy atom. The Morgan fingerprint density at radius 3 is 2.86 bits per heavy atom. The third-order valence-electron chi connectivity index (χ3n) is 7.13. The van der Waals surface area contributed by atoms with Crippen molar-refractivity contribution >= 4 is 40.0 Å². The number of aromatic amines is 1. The minimum Gasteiger partial charge on any atom is -0.486 e. The first-order valence-corrected chi connectivity index (χ1v) is 12.2. The summed E-state index contributed by atoms with van der Waals surface area (Å²) in [5, 5.41) is 4.90. The third kappa shape index (κ3) is 4.07. The van der Waals surface area contributed by atoms with Crippen LogP contribution >= 0.6 is 11.6 Å². The van der Waals surface area contributed by atoms with E-state index in [-0.39, 0.29) is 11.3 Å². The SMILES string of the molecule is C=CC(=O)N1CC2(CC(c3c[nH]c4ncnc(Nc5ccc(OCc6ccccn6)c(Cl)c5)c34)C2)C1. The molecule has 3 aromatic heterocycles. The monoisotopic (exact) mass is 500 g/mol. The van der Waals surface area contributed by atoms with Crippen molar-refractivity contribution in [3.63, 3.8) is 0 Å². The largest absolute Gasteiger partial charge is 0.486 e. The average molecular weight is 501 g/mol. The topological polar surface area (TPSA) is 96.0 Å². The number of hydrogen-bond donors (Lipinski definition) is 2. The summed E-state index contributed by atoms with van der Waals surface area (Å²) >= 11 is 6.51. The van der Waals surface area contributed by atoms with Gasteiger partial charge >= 0.3 is 0 Å². The van der Waals surface area contributed by atoms with E-state index in [0.29, 0.717) is 23.3 Å². The molecule has 2 aliphatic rings. The number of H-pyrrole nitrogens is 1. The van der Waals surface area contributed by atoms with E-state index in [1.165, 1.54) is 11.6 Å². The lowest BCUT2D eigenvalue weighted by Gasteiger charge is -2.59. The Bertz CT molecular complexity index is 1440. The number of aromatic nitrogens is 4. The van der Waals surface area contributed by atoms with E-state index in [4.69, 9.17) is 16.3 Å². The second kappa shape index (κ2) is 8.95. The first kappa shape index (κ1) is 22.5. The number of halogens is 1. The number of nitrogens with zero attached hydrogens (tertiary/aromatic N) is 4. The van der Waals surface area contributed by atoms with Crippen LogP contribution in [0, 0.1) is 5.41 Å². The van der Waals surface area contributed by atoms with Crippen LogP contribution in [0.15, 0.2) is 67.8 Å². The summed E-state index contributed by atoms with van der Waals surface area (Å²) in [5.41, 5.74) is 3.86. The van der Waals surface area contributed by atoms with Crippen molar-refractivity contribution in [3.05, 3.63) is 84.1 Å². The Labute approximate surface area is 213 Å². The highest BCUT2D eigenvalue weighted by atomic mass is 35.5. The van der Waals surface area contributed by atoms with E-state index in [2.05, 4.69) is 31.8 Å². The number of anilines is 2. The first-order valence-electron chi connectivity index (χ1n) is 11.9. The van der Waals surface area contributed by atoms with E-state index in [0.717, 1.165) is 54.2 Å². The molecule has 4 heterocycles. The molecule has 1 amide bonds. The number of carbonyl (C=O) groups excluding carboxylic acids is 1. The smallest absolute Gasteiger partial charge is 0.245 e. The van der Waals surface area contributed by atoms with E-state index in [1.54, 1.807) is 12.5 Å². The van der Waals surface area contributed by atoms with Gasteiger partial charge in [-0.2, -0.15) is 0 Å². The zero-order chi connectivity index (χ0) is 24.7. The van der Waals surface area contributed by atoms with Crippen LogP contribution in [0.5, 0.6) is 5.75 Å². The highest BCUT2D eigenvalue weighted by molar-refractivity contribution is 6.32. The number of fused-ring (bicyclic) bond motifs is 1. The van der Waals surface area contributed by atoms with Crippen molar-refractivity contribution < 1.29 is 9.53 Å². The van der Waals surface area contributed by atoms with E-state index in [9.17, 15) is 4.79 Å². The maximum atomic E-state index is 11.8. The average Bonchev–Trinajstić information content (AvgIpc) is 3.27. The van der Waals surface area contributed by atoms with Gasteiger partial charge in [0.05, 0.1) is 16.1 Å². The molecular formula is C27H25ClN6O2. The van der Waals surface area contributed by atoms with Crippen molar-refractivity contribution in [2.75, 3.05) is 18.4 Å². The maximum Gasteiger partial charge on any atom is 0.245 e. The molecule has 0 atom stereocenters. The van der Waals surface area contributed by atoms with Crippen molar-refractivity contribution in [3.8, 4) is 5.75 Å². The molecule has 1 aliphatic heterocycles. The van der Waals surface area contributed by atoms with Gasteiger partial charge in [-0.1, -0.05) is 24.2 Å². The van der Waals surface area contributed by atoms with Crippen LogP contribution in [0.25, 0.3) is 11.0 Å². The zero-order valence-electron chi connectivity index (χ0n) is 19.6. The maximum absolute atomic E-state index is 11.8. The first-order chi connectivity index (χ1) is 17.5. The molecule has 8 nitrogen and oxygen atoms in total. The van der Waals surface area contributed by atoms with E-state index in [1.807, 2.05) is 47.5 Å². The Kier molecular flexibility index (Phi) is 5.60. The standard InChI is InChI=1S/C27H25ClN6O2/c1-2-23(35)34-14-27(15-34)10-17(11-27)20-12-30-25-24(20)26(32-16-31-25)33-18-6-7-22(21(28)9-18)36-13-19-5-3-4-8-29-19/h2-9,12,16-17H,1,10-11,13-15H2,(H2,30,31,32,33). The van der Waals surface area contributed by atoms with Gasteiger partial charge in [0.25, 0.3) is 0 Å². The van der Waals surface area contributed by atoms with Gasteiger partial charge in [0.1, 0.15) is 30.1 Å². The van der Waals surface area contributed by atoms with E-state index >= 15 is 0 Å². The number of rotatable bonds is 7. The molecule has 2 fully saturated rings. The number of amides is 1. The second-order valence-electron chi connectivity index (χ2n) is 9.57. The van der Waals surface area contributed by atoms with Crippen LogP contribution in [-0.2, 0) is 11.4 Å². The molecule has 1 saturated heterocycles. The van der Waals surface area contributed by atoms with Gasteiger partial charge in [-0.05, 0) is 60.7 Å². The number of pyridine rings is 1. The molecule has 1 spiro atoms. The Hall–Kier alpha value is -3.91. The summed E-state index contributed by atoms with van der Waals surface area (Å²) in [6.45, 7) is 5.55. The molecule has 6 rings (SSSR count). The van der Waals surface area contributed by atoms with Crippen LogP contribution in [0.1, 0.15) is 30.0 Å². The van der Waals surface area contributed by atoms with Crippen molar-refractivity contribution in [2.24, 2.45) is 5.41 Å². The number of nitrogens with one attached hydrogen (secondary N) is 2. The van der Waals surface area contributed by atoms with Crippen molar-refractivity contribution in [1.29, 1.82) is 0 Å². The summed E-state index contributed by atoms with van der Waals surface area (Å²) in [6.07, 6.45) is 8.80. The minimum atomic E-state index is 0.0165. The number of carbonyl (C=O) groups is 1. The third-order valence-corrected chi connectivity index (χ3v) is 7.43. The quantitative estimate of drug-likeness (QED) is 0.338. The lowest BCUT2D eigenvalue weighted by Crippen LogP contribution is -2.62. The summed E-state index contributed by atoms with van der Waals surface area (Å²) in [5.74, 6) is 1.74. The molecule has 36 heavy (non-hydrogen) atoms. The van der Waals surface area contributed by atoms with Gasteiger partial charge in [-0.25, -0.2) is 9.97 Å². The molecule has 4 aromatic rings. The summed E-state index contributed by atoms with van der Waals surface area (Å²) in [4.78, 5) is 30.2. The summed E-state index contributed by atoms with van der Waals surface area (Å²) in [7, 11) is 0. The number of likely N-dealkylation sites (tertiary alicyclic amines) is 1. The lowest BCUT2D eigenvalue weighted by molar-refractivity contribution is -0.145. The van der Waals surface area contributed by atoms with Gasteiger partial charge in [-0.3, -0.25) is 9.78 Å². The Balaban J connectivity index is 1.17. The van der Waals surface area contributed by atoms with Crippen LogP contribution < -0.4 is 10.1 Å². The summed E-state index contributed by atoms with van der Waals surface area (Å²) < 4.78 is 5.84. The molecule has 0 radical (unpaired) electrons. The zero-order valence-corrected chi connectivity index (χ0v) is 20.3. The number of benzene rings is 1.